The summed E-state index contributed by atoms with van der Waals surface area (Å²) >= 11 is 0. The van der Waals surface area contributed by atoms with Gasteiger partial charge in [0.25, 0.3) is 0 Å². The molecule has 0 bridgehead atoms. The lowest BCUT2D eigenvalue weighted by Gasteiger charge is -2.43. The zero-order valence-corrected chi connectivity index (χ0v) is 21.4. The van der Waals surface area contributed by atoms with Crippen LogP contribution in [0.3, 0.4) is 0 Å². The van der Waals surface area contributed by atoms with Gasteiger partial charge in [-0.05, 0) is 23.8 Å². The molecule has 2 rings (SSSR count). The number of hydrogen-bond donors (Lipinski definition) is 0. The molecule has 206 valence electrons. The minimum absolute atomic E-state index is 0.315. The van der Waals surface area contributed by atoms with Crippen molar-refractivity contribution in [3.63, 3.8) is 0 Å². The van der Waals surface area contributed by atoms with E-state index in [1.165, 1.54) is 25.1 Å². The number of carbonyl (C=O) groups is 6. The van der Waals surface area contributed by atoms with Gasteiger partial charge in [-0.3, -0.25) is 24.0 Å². The van der Waals surface area contributed by atoms with Gasteiger partial charge in [0, 0.05) is 40.7 Å². The normalized spacial score (nSPS) is 22.6. The molecule has 5 atom stereocenters. The molecule has 1 aromatic carbocycles. The van der Waals surface area contributed by atoms with Crippen LogP contribution in [-0.2, 0) is 57.2 Å². The third kappa shape index (κ3) is 9.65. The van der Waals surface area contributed by atoms with E-state index in [4.69, 9.17) is 33.2 Å². The highest BCUT2D eigenvalue weighted by atomic mass is 16.7. The van der Waals surface area contributed by atoms with Gasteiger partial charge in [-0.15, -0.1) is 0 Å². The van der Waals surface area contributed by atoms with E-state index >= 15 is 0 Å². The summed E-state index contributed by atoms with van der Waals surface area (Å²) in [6, 6.07) is 6.20. The van der Waals surface area contributed by atoms with Gasteiger partial charge in [0.1, 0.15) is 18.5 Å². The zero-order valence-electron chi connectivity index (χ0n) is 21.4. The van der Waals surface area contributed by atoms with Gasteiger partial charge in [0.05, 0.1) is 0 Å². The Balaban J connectivity index is 2.30. The van der Waals surface area contributed by atoms with Crippen molar-refractivity contribution in [3.8, 4) is 5.75 Å². The number of esters is 6. The van der Waals surface area contributed by atoms with Gasteiger partial charge in [-0.2, -0.15) is 0 Å². The maximum atomic E-state index is 12.6. The Kier molecular flexibility index (Phi) is 10.9. The predicted molar refractivity (Wildman–Crippen MR) is 125 cm³/mol. The largest absolute Gasteiger partial charge is 0.463 e. The third-order valence-electron chi connectivity index (χ3n) is 4.73. The first-order chi connectivity index (χ1) is 17.8. The maximum Gasteiger partial charge on any atom is 0.333 e. The van der Waals surface area contributed by atoms with Crippen molar-refractivity contribution in [2.24, 2.45) is 0 Å². The summed E-state index contributed by atoms with van der Waals surface area (Å²) in [6.07, 6.45) is -4.82. The minimum atomic E-state index is -1.64. The first-order valence-electron chi connectivity index (χ1n) is 11.3. The molecule has 1 aromatic rings. The molecule has 1 aliphatic heterocycles. The molecule has 0 spiro atoms. The molecule has 13 nitrogen and oxygen atoms in total. The summed E-state index contributed by atoms with van der Waals surface area (Å²) in [6.45, 7) is 5.16. The van der Waals surface area contributed by atoms with E-state index in [1.54, 1.807) is 12.1 Å². The Morgan fingerprint density at radius 2 is 1.26 bits per heavy atom. The van der Waals surface area contributed by atoms with Gasteiger partial charge in [-0.1, -0.05) is 12.1 Å². The van der Waals surface area contributed by atoms with Crippen LogP contribution in [0.15, 0.2) is 30.3 Å². The second-order valence-corrected chi connectivity index (χ2v) is 8.00. The van der Waals surface area contributed by atoms with Gasteiger partial charge in [0.15, 0.2) is 12.2 Å². The molecule has 1 fully saturated rings. The molecule has 13 heteroatoms. The molecule has 0 N–H and O–H groups in total. The van der Waals surface area contributed by atoms with Gasteiger partial charge >= 0.3 is 35.8 Å². The van der Waals surface area contributed by atoms with E-state index in [-0.39, 0.29) is 0 Å². The Morgan fingerprint density at radius 1 is 0.711 bits per heavy atom. The fourth-order valence-corrected chi connectivity index (χ4v) is 3.41. The molecule has 0 aliphatic carbocycles. The smallest absolute Gasteiger partial charge is 0.333 e. The SMILES string of the molecule is CC(=O)OC[C@H]1O[C@@H](OC(=O)/C=C/c2ccc(OC(C)=O)cc2)[C@H](OC(C)=O)[C@@H](OC(C)=O)[C@@H]1OC(C)=O. The molecule has 0 aromatic heterocycles. The lowest BCUT2D eigenvalue weighted by atomic mass is 9.98. The van der Waals surface area contributed by atoms with Crippen LogP contribution < -0.4 is 4.74 Å². The number of rotatable bonds is 9. The molecule has 0 saturated carbocycles. The van der Waals surface area contributed by atoms with E-state index in [0.29, 0.717) is 11.3 Å². The standard InChI is InChI=1S/C25H28O13/c1-13(26)32-12-20-22(34-15(3)28)23(35-16(4)29)24(36-17(5)30)25(37-20)38-21(31)11-8-18-6-9-19(10-7-18)33-14(2)27/h6-11,20,22-25H,12H2,1-5H3/b11-8+/t20-,22-,23+,24-,25+/m1/s1. The van der Waals surface area contributed by atoms with Crippen molar-refractivity contribution >= 4 is 41.9 Å². The van der Waals surface area contributed by atoms with Crippen molar-refractivity contribution in [2.45, 2.75) is 65.3 Å². The van der Waals surface area contributed by atoms with Crippen LogP contribution >= 0.6 is 0 Å². The zero-order chi connectivity index (χ0) is 28.4. The minimum Gasteiger partial charge on any atom is -0.463 e. The average molecular weight is 536 g/mol. The monoisotopic (exact) mass is 536 g/mol. The first kappa shape index (κ1) is 30.0. The van der Waals surface area contributed by atoms with Gasteiger partial charge in [-0.25, -0.2) is 4.79 Å². The van der Waals surface area contributed by atoms with Crippen LogP contribution in [0.1, 0.15) is 40.2 Å². The van der Waals surface area contributed by atoms with E-state index in [0.717, 1.165) is 33.8 Å². The molecule has 0 unspecified atom stereocenters. The molecule has 1 saturated heterocycles. The number of carbonyl (C=O) groups excluding carboxylic acids is 6. The summed E-state index contributed by atoms with van der Waals surface area (Å²) in [5.74, 6) is -4.23. The summed E-state index contributed by atoms with van der Waals surface area (Å²) in [5.41, 5.74) is 0.555. The molecule has 1 heterocycles. The molecular weight excluding hydrogens is 508 g/mol. The molecule has 1 aliphatic rings. The van der Waals surface area contributed by atoms with Crippen LogP contribution in [0.5, 0.6) is 5.75 Å². The lowest BCUT2D eigenvalue weighted by molar-refractivity contribution is -0.299. The van der Waals surface area contributed by atoms with Crippen molar-refractivity contribution in [1.29, 1.82) is 0 Å². The fraction of sp³-hybridized carbons (Fsp3) is 0.440. The van der Waals surface area contributed by atoms with Crippen LogP contribution in [0.4, 0.5) is 0 Å². The summed E-state index contributed by atoms with van der Waals surface area (Å²) in [5, 5.41) is 0. The van der Waals surface area contributed by atoms with E-state index < -0.39 is 73.1 Å². The molecule has 38 heavy (non-hydrogen) atoms. The van der Waals surface area contributed by atoms with Crippen molar-refractivity contribution in [2.75, 3.05) is 6.61 Å². The van der Waals surface area contributed by atoms with E-state index in [1.807, 2.05) is 0 Å². The number of benzene rings is 1. The first-order valence-corrected chi connectivity index (χ1v) is 11.3. The molecule has 0 radical (unpaired) electrons. The highest BCUT2D eigenvalue weighted by molar-refractivity contribution is 5.87. The maximum absolute atomic E-state index is 12.6. The van der Waals surface area contributed by atoms with Crippen molar-refractivity contribution in [3.05, 3.63) is 35.9 Å². The topological polar surface area (TPSA) is 167 Å². The Morgan fingerprint density at radius 3 is 1.79 bits per heavy atom. The average Bonchev–Trinajstić information content (AvgIpc) is 2.80. The quantitative estimate of drug-likeness (QED) is 0.192. The van der Waals surface area contributed by atoms with Gasteiger partial charge in [0.2, 0.25) is 12.4 Å². The van der Waals surface area contributed by atoms with E-state index in [9.17, 15) is 28.8 Å². The van der Waals surface area contributed by atoms with Crippen molar-refractivity contribution in [1.82, 2.24) is 0 Å². The Labute approximate surface area is 217 Å². The van der Waals surface area contributed by atoms with Crippen molar-refractivity contribution < 1.29 is 61.9 Å². The summed E-state index contributed by atoms with van der Waals surface area (Å²) in [4.78, 5) is 70.4. The molecule has 0 amide bonds. The Hall–Kier alpha value is -4.26. The summed E-state index contributed by atoms with van der Waals surface area (Å²) < 4.78 is 36.7. The summed E-state index contributed by atoms with van der Waals surface area (Å²) in [7, 11) is 0. The van der Waals surface area contributed by atoms with E-state index in [2.05, 4.69) is 0 Å². The van der Waals surface area contributed by atoms with Crippen LogP contribution in [0, 0.1) is 0 Å². The molecular formula is C25H28O13. The predicted octanol–water partition coefficient (Wildman–Crippen LogP) is 1.25. The van der Waals surface area contributed by atoms with Crippen LogP contribution in [-0.4, -0.2) is 73.1 Å². The van der Waals surface area contributed by atoms with Crippen LogP contribution in [0.2, 0.25) is 0 Å². The lowest BCUT2D eigenvalue weighted by Crippen LogP contribution is -2.63. The number of hydrogen-bond acceptors (Lipinski definition) is 13. The number of ether oxygens (including phenoxy) is 7. The highest BCUT2D eigenvalue weighted by Gasteiger charge is 2.53. The second-order valence-electron chi connectivity index (χ2n) is 8.00. The van der Waals surface area contributed by atoms with Gasteiger partial charge < -0.3 is 33.2 Å². The highest BCUT2D eigenvalue weighted by Crippen LogP contribution is 2.30. The third-order valence-corrected chi connectivity index (χ3v) is 4.73. The second kappa shape index (κ2) is 13.9. The van der Waals surface area contributed by atoms with Crippen LogP contribution in [0.25, 0.3) is 6.08 Å². The fourth-order valence-electron chi connectivity index (χ4n) is 3.41. The Bertz CT molecular complexity index is 1080.